The highest BCUT2D eigenvalue weighted by Crippen LogP contribution is 2.17. The molecule has 0 aliphatic heterocycles. The lowest BCUT2D eigenvalue weighted by Gasteiger charge is -2.25. The molecule has 0 saturated carbocycles. The van der Waals surface area contributed by atoms with Crippen LogP contribution in [0.25, 0.3) is 0 Å². The maximum atomic E-state index is 3.60. The van der Waals surface area contributed by atoms with Crippen molar-refractivity contribution in [3.05, 3.63) is 21.9 Å². The summed E-state index contributed by atoms with van der Waals surface area (Å²) in [5.41, 5.74) is 0.270. The molecule has 1 rings (SSSR count). The first-order valence-electron chi connectivity index (χ1n) is 5.34. The Morgan fingerprint density at radius 1 is 1.36 bits per heavy atom. The minimum absolute atomic E-state index is 0.270. The molecule has 0 aliphatic rings. The van der Waals surface area contributed by atoms with E-state index in [1.165, 1.54) is 22.6 Å². The second kappa shape index (κ2) is 4.94. The fourth-order valence-corrected chi connectivity index (χ4v) is 2.45. The highest BCUT2D eigenvalue weighted by molar-refractivity contribution is 7.11. The van der Waals surface area contributed by atoms with Gasteiger partial charge in [0.2, 0.25) is 0 Å². The van der Waals surface area contributed by atoms with Gasteiger partial charge in [-0.05, 0) is 39.3 Å². The van der Waals surface area contributed by atoms with E-state index >= 15 is 0 Å². The fourth-order valence-electron chi connectivity index (χ4n) is 1.62. The molecule has 0 atom stereocenters. The minimum Gasteiger partial charge on any atom is -0.307 e. The summed E-state index contributed by atoms with van der Waals surface area (Å²) in [5.74, 6) is 0. The molecule has 0 aliphatic carbocycles. The second-order valence-electron chi connectivity index (χ2n) is 4.50. The minimum atomic E-state index is 0.270. The number of nitrogens with one attached hydrogen (secondary N) is 1. The van der Waals surface area contributed by atoms with Gasteiger partial charge in [0.05, 0.1) is 0 Å². The molecule has 14 heavy (non-hydrogen) atoms. The van der Waals surface area contributed by atoms with E-state index in [-0.39, 0.29) is 5.54 Å². The fraction of sp³-hybridized carbons (Fsp3) is 0.667. The summed E-state index contributed by atoms with van der Waals surface area (Å²) in [6, 6.07) is 4.41. The Kier molecular flexibility index (Phi) is 4.14. The molecule has 1 heterocycles. The molecular formula is C12H21NS. The van der Waals surface area contributed by atoms with E-state index in [1.807, 2.05) is 11.3 Å². The van der Waals surface area contributed by atoms with Gasteiger partial charge in [-0.3, -0.25) is 0 Å². The summed E-state index contributed by atoms with van der Waals surface area (Å²) in [6.45, 7) is 9.95. The highest BCUT2D eigenvalue weighted by Gasteiger charge is 2.15. The van der Waals surface area contributed by atoms with Crippen molar-refractivity contribution in [3.63, 3.8) is 0 Å². The van der Waals surface area contributed by atoms with Crippen LogP contribution in [0, 0.1) is 6.92 Å². The number of rotatable bonds is 5. The molecule has 0 saturated heterocycles. The first kappa shape index (κ1) is 11.7. The van der Waals surface area contributed by atoms with Crippen LogP contribution in [0.5, 0.6) is 0 Å². The predicted molar refractivity (Wildman–Crippen MR) is 64.9 cm³/mol. The van der Waals surface area contributed by atoms with E-state index in [9.17, 15) is 0 Å². The van der Waals surface area contributed by atoms with Crippen molar-refractivity contribution in [1.82, 2.24) is 5.32 Å². The van der Waals surface area contributed by atoms with Crippen molar-refractivity contribution in [3.8, 4) is 0 Å². The summed E-state index contributed by atoms with van der Waals surface area (Å²) < 4.78 is 0. The molecule has 1 aromatic rings. The molecular weight excluding hydrogens is 190 g/mol. The summed E-state index contributed by atoms with van der Waals surface area (Å²) >= 11 is 1.88. The lowest BCUT2D eigenvalue weighted by molar-refractivity contribution is 0.358. The highest BCUT2D eigenvalue weighted by atomic mass is 32.1. The van der Waals surface area contributed by atoms with Gasteiger partial charge in [0.25, 0.3) is 0 Å². The van der Waals surface area contributed by atoms with Crippen LogP contribution in [0.15, 0.2) is 12.1 Å². The maximum absolute atomic E-state index is 3.60. The third kappa shape index (κ3) is 3.81. The lowest BCUT2D eigenvalue weighted by atomic mass is 9.99. The summed E-state index contributed by atoms with van der Waals surface area (Å²) in [6.07, 6.45) is 2.47. The van der Waals surface area contributed by atoms with Gasteiger partial charge in [-0.2, -0.15) is 0 Å². The number of thiophene rings is 1. The summed E-state index contributed by atoms with van der Waals surface area (Å²) in [5, 5.41) is 3.60. The number of aryl methyl sites for hydroxylation is 1. The number of hydrogen-bond donors (Lipinski definition) is 1. The van der Waals surface area contributed by atoms with Crippen LogP contribution >= 0.6 is 11.3 Å². The zero-order chi connectivity index (χ0) is 10.6. The third-order valence-electron chi connectivity index (χ3n) is 2.41. The quantitative estimate of drug-likeness (QED) is 0.782. The average Bonchev–Trinajstić information content (AvgIpc) is 2.48. The van der Waals surface area contributed by atoms with Crippen molar-refractivity contribution in [2.24, 2.45) is 0 Å². The third-order valence-corrected chi connectivity index (χ3v) is 3.41. The van der Waals surface area contributed by atoms with E-state index in [2.05, 4.69) is 45.1 Å². The van der Waals surface area contributed by atoms with E-state index < -0.39 is 0 Å². The Balaban J connectivity index is 2.40. The van der Waals surface area contributed by atoms with Crippen LogP contribution in [0.1, 0.15) is 43.4 Å². The van der Waals surface area contributed by atoms with Crippen LogP contribution in [0.2, 0.25) is 0 Å². The van der Waals surface area contributed by atoms with Crippen LogP contribution in [-0.2, 0) is 6.54 Å². The van der Waals surface area contributed by atoms with Crippen molar-refractivity contribution < 1.29 is 0 Å². The SMILES string of the molecule is CCCC(C)(C)NCc1ccc(C)s1. The van der Waals surface area contributed by atoms with Crippen molar-refractivity contribution in [2.45, 2.75) is 52.6 Å². The van der Waals surface area contributed by atoms with Gasteiger partial charge in [-0.1, -0.05) is 13.3 Å². The van der Waals surface area contributed by atoms with Crippen LogP contribution < -0.4 is 5.32 Å². The van der Waals surface area contributed by atoms with E-state index in [1.54, 1.807) is 0 Å². The molecule has 0 unspecified atom stereocenters. The Bertz CT molecular complexity index is 276. The molecule has 0 amide bonds. The Morgan fingerprint density at radius 2 is 2.07 bits per heavy atom. The van der Waals surface area contributed by atoms with E-state index in [4.69, 9.17) is 0 Å². The van der Waals surface area contributed by atoms with Crippen LogP contribution in [-0.4, -0.2) is 5.54 Å². The number of hydrogen-bond acceptors (Lipinski definition) is 2. The van der Waals surface area contributed by atoms with Gasteiger partial charge in [-0.15, -0.1) is 11.3 Å². The average molecular weight is 211 g/mol. The monoisotopic (exact) mass is 211 g/mol. The lowest BCUT2D eigenvalue weighted by Crippen LogP contribution is -2.38. The molecule has 0 fully saturated rings. The molecule has 80 valence electrons. The van der Waals surface area contributed by atoms with Crippen molar-refractivity contribution >= 4 is 11.3 Å². The molecule has 1 aromatic heterocycles. The Labute approximate surface area is 91.5 Å². The first-order valence-corrected chi connectivity index (χ1v) is 6.15. The van der Waals surface area contributed by atoms with Crippen molar-refractivity contribution in [1.29, 1.82) is 0 Å². The molecule has 0 spiro atoms. The molecule has 1 N–H and O–H groups in total. The van der Waals surface area contributed by atoms with Crippen molar-refractivity contribution in [2.75, 3.05) is 0 Å². The molecule has 0 radical (unpaired) electrons. The Hall–Kier alpha value is -0.340. The standard InChI is InChI=1S/C12H21NS/c1-5-8-12(3,4)13-9-11-7-6-10(2)14-11/h6-7,13H,5,8-9H2,1-4H3. The van der Waals surface area contributed by atoms with Gasteiger partial charge in [0.1, 0.15) is 0 Å². The molecule has 0 aromatic carbocycles. The summed E-state index contributed by atoms with van der Waals surface area (Å²) in [4.78, 5) is 2.83. The van der Waals surface area contributed by atoms with E-state index in [0.29, 0.717) is 0 Å². The van der Waals surface area contributed by atoms with Gasteiger partial charge in [0.15, 0.2) is 0 Å². The van der Waals surface area contributed by atoms with Gasteiger partial charge >= 0.3 is 0 Å². The molecule has 2 heteroatoms. The maximum Gasteiger partial charge on any atom is 0.0304 e. The largest absolute Gasteiger partial charge is 0.307 e. The summed E-state index contributed by atoms with van der Waals surface area (Å²) in [7, 11) is 0. The normalized spacial score (nSPS) is 12.0. The van der Waals surface area contributed by atoms with E-state index in [0.717, 1.165) is 6.54 Å². The molecule has 0 bridgehead atoms. The zero-order valence-electron chi connectivity index (χ0n) is 9.68. The van der Waals surface area contributed by atoms with Gasteiger partial charge in [0, 0.05) is 21.8 Å². The molecule has 1 nitrogen and oxygen atoms in total. The predicted octanol–water partition coefficient (Wildman–Crippen LogP) is 3.72. The second-order valence-corrected chi connectivity index (χ2v) is 5.87. The Morgan fingerprint density at radius 3 is 2.57 bits per heavy atom. The van der Waals surface area contributed by atoms with Gasteiger partial charge < -0.3 is 5.32 Å². The smallest absolute Gasteiger partial charge is 0.0304 e. The topological polar surface area (TPSA) is 12.0 Å². The zero-order valence-corrected chi connectivity index (χ0v) is 10.5. The van der Waals surface area contributed by atoms with Crippen LogP contribution in [0.4, 0.5) is 0 Å². The first-order chi connectivity index (χ1) is 6.53. The van der Waals surface area contributed by atoms with Crippen LogP contribution in [0.3, 0.4) is 0 Å². The van der Waals surface area contributed by atoms with Gasteiger partial charge in [-0.25, -0.2) is 0 Å².